The highest BCUT2D eigenvalue weighted by Crippen LogP contribution is 2.12. The van der Waals surface area contributed by atoms with E-state index in [1.54, 1.807) is 0 Å². The van der Waals surface area contributed by atoms with Crippen molar-refractivity contribution in [2.45, 2.75) is 58.1 Å². The third-order valence-corrected chi connectivity index (χ3v) is 3.61. The lowest BCUT2D eigenvalue weighted by atomic mass is 10.1. The van der Waals surface area contributed by atoms with Crippen LogP contribution in [0.25, 0.3) is 0 Å². The van der Waals surface area contributed by atoms with Crippen molar-refractivity contribution < 1.29 is 19.4 Å². The zero-order valence-corrected chi connectivity index (χ0v) is 15.2. The fourth-order valence-corrected chi connectivity index (χ4v) is 2.24. The summed E-state index contributed by atoms with van der Waals surface area (Å²) in [4.78, 5) is 23.2. The summed E-state index contributed by atoms with van der Waals surface area (Å²) in [5, 5.41) is 12.4. The zero-order chi connectivity index (χ0) is 18.2. The third kappa shape index (κ3) is 8.89. The molecule has 0 saturated carbocycles. The van der Waals surface area contributed by atoms with Crippen molar-refractivity contribution in [3.05, 3.63) is 34.9 Å². The van der Waals surface area contributed by atoms with Crippen LogP contribution in [0.15, 0.2) is 24.3 Å². The van der Waals surface area contributed by atoms with Gasteiger partial charge in [0.2, 0.25) is 5.91 Å². The molecule has 0 bridgehead atoms. The average Bonchev–Trinajstić information content (AvgIpc) is 2.47. The number of benzene rings is 1. The molecule has 24 heavy (non-hydrogen) atoms. The molecule has 1 amide bonds. The molecule has 0 aliphatic carbocycles. The van der Waals surface area contributed by atoms with Crippen LogP contribution in [0.2, 0.25) is 5.02 Å². The lowest BCUT2D eigenvalue weighted by Gasteiger charge is -2.21. The van der Waals surface area contributed by atoms with Crippen LogP contribution < -0.4 is 5.32 Å². The Morgan fingerprint density at radius 3 is 2.42 bits per heavy atom. The maximum atomic E-state index is 11.9. The highest BCUT2D eigenvalue weighted by molar-refractivity contribution is 6.30. The molecule has 1 unspecified atom stereocenters. The molecule has 0 spiro atoms. The first kappa shape index (κ1) is 20.5. The Kier molecular flexibility index (Phi) is 8.22. The van der Waals surface area contributed by atoms with E-state index in [1.165, 1.54) is 0 Å². The van der Waals surface area contributed by atoms with Gasteiger partial charge in [-0.05, 0) is 51.3 Å². The minimum atomic E-state index is -1.04. The highest BCUT2D eigenvalue weighted by atomic mass is 35.5. The molecule has 0 heterocycles. The van der Waals surface area contributed by atoms with Crippen LogP contribution in [0.1, 0.15) is 45.6 Å². The number of nitrogens with one attached hydrogen (secondary N) is 1. The van der Waals surface area contributed by atoms with Crippen LogP contribution in [0.4, 0.5) is 0 Å². The van der Waals surface area contributed by atoms with E-state index >= 15 is 0 Å². The number of rotatable bonds is 9. The van der Waals surface area contributed by atoms with Crippen LogP contribution in [0, 0.1) is 0 Å². The van der Waals surface area contributed by atoms with Gasteiger partial charge >= 0.3 is 5.97 Å². The smallest absolute Gasteiger partial charge is 0.326 e. The number of carbonyl (C=O) groups excluding carboxylic acids is 1. The fourth-order valence-electron chi connectivity index (χ4n) is 2.11. The van der Waals surface area contributed by atoms with Gasteiger partial charge < -0.3 is 15.2 Å². The van der Waals surface area contributed by atoms with Crippen molar-refractivity contribution in [2.75, 3.05) is 6.61 Å². The number of carbonyl (C=O) groups is 2. The summed E-state index contributed by atoms with van der Waals surface area (Å²) in [5.41, 5.74) is 0.770. The Hall–Kier alpha value is -1.59. The van der Waals surface area contributed by atoms with E-state index in [4.69, 9.17) is 16.3 Å². The van der Waals surface area contributed by atoms with Crippen LogP contribution >= 0.6 is 11.6 Å². The first-order chi connectivity index (χ1) is 11.2. The summed E-state index contributed by atoms with van der Waals surface area (Å²) in [6.07, 6.45) is 1.93. The lowest BCUT2D eigenvalue weighted by molar-refractivity contribution is -0.142. The van der Waals surface area contributed by atoms with Crippen LogP contribution in [-0.2, 0) is 20.7 Å². The molecular weight excluding hydrogens is 330 g/mol. The predicted molar refractivity (Wildman–Crippen MR) is 94.3 cm³/mol. The normalized spacial score (nSPS) is 12.7. The van der Waals surface area contributed by atoms with E-state index in [1.807, 2.05) is 45.0 Å². The Bertz CT molecular complexity index is 537. The van der Waals surface area contributed by atoms with Gasteiger partial charge in [-0.1, -0.05) is 23.7 Å². The quantitative estimate of drug-likeness (QED) is 0.711. The van der Waals surface area contributed by atoms with E-state index in [0.29, 0.717) is 11.4 Å². The van der Waals surface area contributed by atoms with Crippen molar-refractivity contribution in [1.29, 1.82) is 0 Å². The molecule has 0 fully saturated rings. The van der Waals surface area contributed by atoms with Crippen molar-refractivity contribution in [3.63, 3.8) is 0 Å². The second kappa shape index (κ2) is 9.64. The summed E-state index contributed by atoms with van der Waals surface area (Å²) < 4.78 is 5.51. The monoisotopic (exact) mass is 355 g/mol. The van der Waals surface area contributed by atoms with Gasteiger partial charge in [0.15, 0.2) is 0 Å². The number of aryl methyl sites for hydroxylation is 1. The standard InChI is InChI=1S/C18H26ClNO4/c1-18(2,3)24-12-11-15(17(22)23)20-16(21)6-4-5-13-7-9-14(19)10-8-13/h7-10,15H,4-6,11-12H2,1-3H3,(H,20,21)(H,22,23). The van der Waals surface area contributed by atoms with E-state index in [2.05, 4.69) is 5.32 Å². The summed E-state index contributed by atoms with van der Waals surface area (Å²) in [5.74, 6) is -1.30. The van der Waals surface area contributed by atoms with Crippen molar-refractivity contribution in [1.82, 2.24) is 5.32 Å². The molecule has 5 nitrogen and oxygen atoms in total. The SMILES string of the molecule is CC(C)(C)OCCC(NC(=O)CCCc1ccc(Cl)cc1)C(=O)O. The van der Waals surface area contributed by atoms with Crippen molar-refractivity contribution >= 4 is 23.5 Å². The van der Waals surface area contributed by atoms with Crippen LogP contribution in [-0.4, -0.2) is 35.2 Å². The molecular formula is C18H26ClNO4. The Morgan fingerprint density at radius 2 is 1.88 bits per heavy atom. The molecule has 0 saturated heterocycles. The number of amides is 1. The molecule has 1 aromatic carbocycles. The second-order valence-electron chi connectivity index (χ2n) is 6.69. The van der Waals surface area contributed by atoms with E-state index in [9.17, 15) is 14.7 Å². The minimum absolute atomic E-state index is 0.246. The Balaban J connectivity index is 2.34. The molecule has 2 N–H and O–H groups in total. The molecule has 1 aromatic rings. The molecule has 1 rings (SSSR count). The topological polar surface area (TPSA) is 75.6 Å². The van der Waals surface area contributed by atoms with E-state index in [0.717, 1.165) is 12.0 Å². The number of carboxylic acid groups (broad SMARTS) is 1. The average molecular weight is 356 g/mol. The molecule has 6 heteroatoms. The first-order valence-electron chi connectivity index (χ1n) is 8.08. The highest BCUT2D eigenvalue weighted by Gasteiger charge is 2.20. The molecule has 0 radical (unpaired) electrons. The van der Waals surface area contributed by atoms with E-state index in [-0.39, 0.29) is 31.0 Å². The van der Waals surface area contributed by atoms with Gasteiger partial charge in [-0.25, -0.2) is 4.79 Å². The molecule has 0 aliphatic heterocycles. The molecule has 0 aromatic heterocycles. The molecule has 134 valence electrons. The summed E-state index contributed by atoms with van der Waals surface area (Å²) in [6, 6.07) is 6.54. The molecule has 1 atom stereocenters. The minimum Gasteiger partial charge on any atom is -0.480 e. The zero-order valence-electron chi connectivity index (χ0n) is 14.5. The number of aliphatic carboxylic acids is 1. The summed E-state index contributed by atoms with van der Waals surface area (Å²) in [7, 11) is 0. The fraction of sp³-hybridized carbons (Fsp3) is 0.556. The lowest BCUT2D eigenvalue weighted by Crippen LogP contribution is -2.42. The Morgan fingerprint density at radius 1 is 1.25 bits per heavy atom. The maximum Gasteiger partial charge on any atom is 0.326 e. The number of hydrogen-bond acceptors (Lipinski definition) is 3. The second-order valence-corrected chi connectivity index (χ2v) is 7.12. The summed E-state index contributed by atoms with van der Waals surface area (Å²) in [6.45, 7) is 5.99. The Labute approximate surface area is 148 Å². The first-order valence-corrected chi connectivity index (χ1v) is 8.46. The van der Waals surface area contributed by atoms with Gasteiger partial charge in [-0.2, -0.15) is 0 Å². The van der Waals surface area contributed by atoms with Gasteiger partial charge in [-0.3, -0.25) is 4.79 Å². The van der Waals surface area contributed by atoms with Gasteiger partial charge in [-0.15, -0.1) is 0 Å². The largest absolute Gasteiger partial charge is 0.480 e. The van der Waals surface area contributed by atoms with Gasteiger partial charge in [0.05, 0.1) is 5.60 Å². The van der Waals surface area contributed by atoms with Gasteiger partial charge in [0, 0.05) is 24.5 Å². The number of carboxylic acids is 1. The van der Waals surface area contributed by atoms with Gasteiger partial charge in [0.1, 0.15) is 6.04 Å². The maximum absolute atomic E-state index is 11.9. The van der Waals surface area contributed by atoms with Gasteiger partial charge in [0.25, 0.3) is 0 Å². The van der Waals surface area contributed by atoms with E-state index < -0.39 is 12.0 Å². The number of ether oxygens (including phenoxy) is 1. The predicted octanol–water partition coefficient (Wildman–Crippen LogP) is 3.44. The summed E-state index contributed by atoms with van der Waals surface area (Å²) >= 11 is 5.82. The van der Waals surface area contributed by atoms with Crippen molar-refractivity contribution in [2.24, 2.45) is 0 Å². The number of hydrogen-bond donors (Lipinski definition) is 2. The van der Waals surface area contributed by atoms with Crippen LogP contribution in [0.5, 0.6) is 0 Å². The third-order valence-electron chi connectivity index (χ3n) is 3.36. The molecule has 0 aliphatic rings. The van der Waals surface area contributed by atoms with Crippen molar-refractivity contribution in [3.8, 4) is 0 Å². The van der Waals surface area contributed by atoms with Crippen LogP contribution in [0.3, 0.4) is 0 Å². The number of halogens is 1.